The summed E-state index contributed by atoms with van der Waals surface area (Å²) in [5, 5.41) is 0. The van der Waals surface area contributed by atoms with Crippen LogP contribution in [0, 0.1) is 6.92 Å². The molecule has 0 heterocycles. The zero-order valence-electron chi connectivity index (χ0n) is 23.7. The van der Waals surface area contributed by atoms with Gasteiger partial charge in [-0.05, 0) is 91.9 Å². The highest BCUT2D eigenvalue weighted by molar-refractivity contribution is 8.32. The highest BCUT2D eigenvalue weighted by Gasteiger charge is 2.43. The Kier molecular flexibility index (Phi) is 8.30. The molecule has 39 heavy (non-hydrogen) atoms. The van der Waals surface area contributed by atoms with E-state index in [2.05, 4.69) is 0 Å². The summed E-state index contributed by atoms with van der Waals surface area (Å²) >= 11 is 0. The lowest BCUT2D eigenvalue weighted by atomic mass is 10.2. The SMILES string of the molecule is Cc1ccc(S(=O)(=O)[OH+]S(c2ccc(N(C)C)cc2)(c2ccc(N(C)C)cc2)c2ccc(N(C)C)cc2)cc1. The highest BCUT2D eigenvalue weighted by Crippen LogP contribution is 2.69. The van der Waals surface area contributed by atoms with Crippen LogP contribution < -0.4 is 14.7 Å². The molecule has 0 radical (unpaired) electrons. The van der Waals surface area contributed by atoms with Gasteiger partial charge in [0.15, 0.2) is 0 Å². The first-order chi connectivity index (χ1) is 18.4. The van der Waals surface area contributed by atoms with Crippen molar-refractivity contribution >= 4 is 37.5 Å². The molecule has 0 fully saturated rings. The summed E-state index contributed by atoms with van der Waals surface area (Å²) in [4.78, 5) is 8.80. The van der Waals surface area contributed by atoms with E-state index in [1.54, 1.807) is 12.1 Å². The van der Waals surface area contributed by atoms with E-state index in [0.717, 1.165) is 37.3 Å². The second kappa shape index (κ2) is 11.3. The Labute approximate surface area is 235 Å². The Balaban J connectivity index is 2.02. The van der Waals surface area contributed by atoms with E-state index >= 15 is 0 Å². The lowest BCUT2D eigenvalue weighted by Crippen LogP contribution is -2.19. The molecule has 6 nitrogen and oxygen atoms in total. The molecule has 0 spiro atoms. The highest BCUT2D eigenvalue weighted by atomic mass is 32.3. The summed E-state index contributed by atoms with van der Waals surface area (Å²) in [7, 11) is 5.30. The first-order valence-corrected chi connectivity index (χ1v) is 15.7. The molecule has 0 saturated heterocycles. The van der Waals surface area contributed by atoms with Crippen molar-refractivity contribution in [3.63, 3.8) is 0 Å². The van der Waals surface area contributed by atoms with Crippen LogP contribution in [0.1, 0.15) is 5.56 Å². The van der Waals surface area contributed by atoms with Crippen molar-refractivity contribution in [1.82, 2.24) is 0 Å². The van der Waals surface area contributed by atoms with Gasteiger partial charge in [0.25, 0.3) is 0 Å². The molecule has 0 aliphatic rings. The summed E-state index contributed by atoms with van der Waals surface area (Å²) in [5.74, 6) is 0. The van der Waals surface area contributed by atoms with Crippen molar-refractivity contribution in [3.05, 3.63) is 103 Å². The van der Waals surface area contributed by atoms with E-state index in [1.807, 2.05) is 149 Å². The monoisotopic (exact) mass is 564 g/mol. The lowest BCUT2D eigenvalue weighted by Gasteiger charge is -2.35. The number of nitrogens with zero attached hydrogens (tertiary/aromatic N) is 3. The summed E-state index contributed by atoms with van der Waals surface area (Å²) in [5.41, 5.74) is 4.07. The zero-order valence-corrected chi connectivity index (χ0v) is 25.3. The van der Waals surface area contributed by atoms with Gasteiger partial charge in [-0.1, -0.05) is 17.7 Å². The largest absolute Gasteiger partial charge is 0.422 e. The van der Waals surface area contributed by atoms with Gasteiger partial charge in [0.1, 0.15) is 4.90 Å². The maximum absolute atomic E-state index is 14.0. The second-order valence-electron chi connectivity index (χ2n) is 10.1. The van der Waals surface area contributed by atoms with E-state index in [0.29, 0.717) is 0 Å². The molecule has 4 rings (SSSR count). The molecule has 0 aliphatic carbocycles. The average molecular weight is 565 g/mol. The normalized spacial score (nSPS) is 12.2. The molecule has 4 aromatic carbocycles. The van der Waals surface area contributed by atoms with Gasteiger partial charge in [-0.15, -0.1) is 8.42 Å². The predicted molar refractivity (Wildman–Crippen MR) is 166 cm³/mol. The predicted octanol–water partition coefficient (Wildman–Crippen LogP) is 6.87. The standard InChI is InChI=1S/C31H37N3O3S2/c1-24-8-16-31(17-9-24)39(35,36)37-38(28-18-10-25(11-19-28)32(2)3,29-20-12-26(13-21-29)33(4)5)30-22-14-27(15-23-30)34(6)7/h8-23H,1-7H3/p+1. The molecule has 206 valence electrons. The van der Waals surface area contributed by atoms with Crippen molar-refractivity contribution < 1.29 is 12.0 Å². The van der Waals surface area contributed by atoms with Crippen molar-refractivity contribution in [3.8, 4) is 0 Å². The maximum Gasteiger partial charge on any atom is 0.422 e. The van der Waals surface area contributed by atoms with Crippen LogP contribution in [0.3, 0.4) is 0 Å². The Bertz CT molecular complexity index is 1370. The van der Waals surface area contributed by atoms with Crippen LogP contribution in [-0.4, -0.2) is 54.3 Å². The third-order valence-corrected chi connectivity index (χ3v) is 12.0. The third kappa shape index (κ3) is 5.93. The molecule has 8 heteroatoms. The topological polar surface area (TPSA) is 56.7 Å². The van der Waals surface area contributed by atoms with E-state index in [9.17, 15) is 8.42 Å². The second-order valence-corrected chi connectivity index (χ2v) is 14.7. The van der Waals surface area contributed by atoms with Gasteiger partial charge in [-0.25, -0.2) is 0 Å². The first-order valence-electron chi connectivity index (χ1n) is 12.7. The molecule has 0 unspecified atom stereocenters. The third-order valence-electron chi connectivity index (χ3n) is 6.61. The molecule has 1 N–H and O–H groups in total. The lowest BCUT2D eigenvalue weighted by molar-refractivity contribution is 0.387. The molecule has 0 saturated carbocycles. The molecule has 0 atom stereocenters. The van der Waals surface area contributed by atoms with Crippen LogP contribution in [0.2, 0.25) is 0 Å². The van der Waals surface area contributed by atoms with Crippen LogP contribution in [0.4, 0.5) is 17.1 Å². The van der Waals surface area contributed by atoms with Crippen LogP contribution in [0.25, 0.3) is 0 Å². The minimum Gasteiger partial charge on any atom is -0.378 e. The molecular weight excluding hydrogens is 526 g/mol. The molecule has 0 amide bonds. The van der Waals surface area contributed by atoms with Crippen molar-refractivity contribution in [2.24, 2.45) is 0 Å². The van der Waals surface area contributed by atoms with Crippen LogP contribution >= 0.6 is 10.3 Å². The van der Waals surface area contributed by atoms with Crippen molar-refractivity contribution in [2.45, 2.75) is 26.5 Å². The number of benzene rings is 4. The maximum atomic E-state index is 14.0. The first kappa shape index (κ1) is 28.5. The van der Waals surface area contributed by atoms with Crippen molar-refractivity contribution in [2.75, 3.05) is 57.0 Å². The molecule has 0 bridgehead atoms. The summed E-state index contributed by atoms with van der Waals surface area (Å²) in [6.07, 6.45) is 0. The van der Waals surface area contributed by atoms with Gasteiger partial charge >= 0.3 is 10.1 Å². The average Bonchev–Trinajstić information content (AvgIpc) is 2.92. The molecule has 0 aliphatic heterocycles. The minimum absolute atomic E-state index is 0.185. The van der Waals surface area contributed by atoms with Gasteiger partial charge in [-0.2, -0.15) is 0 Å². The number of hydrogen-bond donors (Lipinski definition) is 0. The fourth-order valence-electron chi connectivity index (χ4n) is 4.26. The molecular formula is C31H38N3O3S2+. The van der Waals surface area contributed by atoms with E-state index in [4.69, 9.17) is 3.63 Å². The number of aryl methyl sites for hydroxylation is 1. The Morgan fingerprint density at radius 2 is 0.744 bits per heavy atom. The zero-order chi connectivity index (χ0) is 28.4. The van der Waals surface area contributed by atoms with Gasteiger partial charge < -0.3 is 14.7 Å². The van der Waals surface area contributed by atoms with Crippen LogP contribution in [0.5, 0.6) is 0 Å². The van der Waals surface area contributed by atoms with E-state index in [-0.39, 0.29) is 4.90 Å². The Morgan fingerprint density at radius 3 is 1.03 bits per heavy atom. The molecule has 4 aromatic rings. The van der Waals surface area contributed by atoms with E-state index in [1.165, 1.54) is 0 Å². The molecule has 0 aromatic heterocycles. The minimum atomic E-state index is -4.03. The van der Waals surface area contributed by atoms with Crippen LogP contribution in [0.15, 0.2) is 117 Å². The summed E-state index contributed by atoms with van der Waals surface area (Å²) in [6, 6.07) is 31.1. The fraction of sp³-hybridized carbons (Fsp3) is 0.226. The van der Waals surface area contributed by atoms with Crippen molar-refractivity contribution in [1.29, 1.82) is 0 Å². The van der Waals surface area contributed by atoms with Crippen LogP contribution in [-0.2, 0) is 10.1 Å². The number of hydrogen-bond acceptors (Lipinski definition) is 5. The Hall–Kier alpha value is -3.46. The summed E-state index contributed by atoms with van der Waals surface area (Å²) < 4.78 is 33.0. The number of anilines is 3. The number of rotatable bonds is 9. The fourth-order valence-corrected chi connectivity index (χ4v) is 9.70. The summed E-state index contributed by atoms with van der Waals surface area (Å²) in [6.45, 7) is 1.94. The van der Waals surface area contributed by atoms with E-state index < -0.39 is 20.4 Å². The van der Waals surface area contributed by atoms with Gasteiger partial charge in [0, 0.05) is 59.3 Å². The van der Waals surface area contributed by atoms with Gasteiger partial charge in [0.05, 0.1) is 25.0 Å². The Morgan fingerprint density at radius 1 is 0.462 bits per heavy atom. The quantitative estimate of drug-likeness (QED) is 0.164. The van der Waals surface area contributed by atoms with Gasteiger partial charge in [-0.3, -0.25) is 3.63 Å². The van der Waals surface area contributed by atoms with Gasteiger partial charge in [0.2, 0.25) is 0 Å². The smallest absolute Gasteiger partial charge is 0.378 e.